The number of nitrogens with one attached hydrogen (secondary N) is 1. The zero-order valence-electron chi connectivity index (χ0n) is 16.2. The first kappa shape index (κ1) is 21.2. The van der Waals surface area contributed by atoms with Crippen LogP contribution in [0, 0.1) is 17.0 Å². The van der Waals surface area contributed by atoms with Crippen molar-refractivity contribution in [2.75, 3.05) is 12.4 Å². The maximum atomic E-state index is 13.0. The number of aryl methyl sites for hydroxylation is 1. The van der Waals surface area contributed by atoms with Crippen LogP contribution in [0.15, 0.2) is 47.4 Å². The summed E-state index contributed by atoms with van der Waals surface area (Å²) < 4.78 is 31.7. The van der Waals surface area contributed by atoms with Gasteiger partial charge in [-0.2, -0.15) is 0 Å². The molecule has 2 aromatic rings. The summed E-state index contributed by atoms with van der Waals surface area (Å²) >= 11 is 0. The second-order valence-electron chi connectivity index (χ2n) is 6.69. The molecule has 0 unspecified atom stereocenters. The largest absolute Gasteiger partial charge is 0.495 e. The average molecular weight is 433 g/mol. The molecule has 0 aromatic heterocycles. The topological polar surface area (TPSA) is 136 Å². The molecule has 10 nitrogen and oxygen atoms in total. The monoisotopic (exact) mass is 433 g/mol. The molecule has 0 spiro atoms. The third-order valence-corrected chi connectivity index (χ3v) is 6.54. The number of anilines is 1. The minimum Gasteiger partial charge on any atom is -0.495 e. The van der Waals surface area contributed by atoms with Crippen LogP contribution in [0.3, 0.4) is 0 Å². The van der Waals surface area contributed by atoms with Crippen molar-refractivity contribution in [3.05, 3.63) is 58.1 Å². The summed E-state index contributed by atoms with van der Waals surface area (Å²) in [6, 6.07) is 8.27. The van der Waals surface area contributed by atoms with Crippen molar-refractivity contribution in [3.63, 3.8) is 0 Å². The van der Waals surface area contributed by atoms with E-state index >= 15 is 0 Å². The zero-order chi connectivity index (χ0) is 22.1. The minimum absolute atomic E-state index is 0.00346. The van der Waals surface area contributed by atoms with Gasteiger partial charge in [0.1, 0.15) is 11.8 Å². The van der Waals surface area contributed by atoms with Gasteiger partial charge in [-0.1, -0.05) is 17.7 Å². The Hall–Kier alpha value is -3.47. The summed E-state index contributed by atoms with van der Waals surface area (Å²) in [5, 5.41) is 13.5. The molecule has 0 aliphatic carbocycles. The molecule has 1 aliphatic heterocycles. The Bertz CT molecular complexity index is 1110. The van der Waals surface area contributed by atoms with Crippen molar-refractivity contribution < 1.29 is 27.7 Å². The number of methoxy groups -OCH3 is 1. The smallest absolute Gasteiger partial charge is 0.271 e. The summed E-state index contributed by atoms with van der Waals surface area (Å²) in [5.74, 6) is -1.32. The van der Waals surface area contributed by atoms with Gasteiger partial charge in [-0.05, 0) is 31.5 Å². The highest BCUT2D eigenvalue weighted by molar-refractivity contribution is 7.89. The molecule has 1 saturated heterocycles. The Kier molecular flexibility index (Phi) is 5.74. The number of hydrogen-bond donors (Lipinski definition) is 1. The average Bonchev–Trinajstić information content (AvgIpc) is 3.10. The number of nitro groups is 1. The first-order chi connectivity index (χ1) is 14.1. The van der Waals surface area contributed by atoms with E-state index in [1.54, 1.807) is 19.1 Å². The Labute approximate surface area is 172 Å². The van der Waals surface area contributed by atoms with Crippen LogP contribution in [0.2, 0.25) is 0 Å². The Balaban J connectivity index is 1.92. The van der Waals surface area contributed by atoms with Crippen LogP contribution in [-0.2, 0) is 19.6 Å². The van der Waals surface area contributed by atoms with Crippen LogP contribution < -0.4 is 10.1 Å². The minimum atomic E-state index is -4.24. The second-order valence-corrected chi connectivity index (χ2v) is 8.51. The Morgan fingerprint density at radius 1 is 1.23 bits per heavy atom. The van der Waals surface area contributed by atoms with Gasteiger partial charge in [0, 0.05) is 18.6 Å². The molecule has 0 bridgehead atoms. The van der Waals surface area contributed by atoms with Gasteiger partial charge in [0.2, 0.25) is 11.8 Å². The molecule has 1 N–H and O–H groups in total. The van der Waals surface area contributed by atoms with Crippen molar-refractivity contribution in [1.29, 1.82) is 0 Å². The molecule has 3 rings (SSSR count). The summed E-state index contributed by atoms with van der Waals surface area (Å²) in [6.07, 6.45) is -0.123. The highest BCUT2D eigenvalue weighted by Crippen LogP contribution is 2.32. The van der Waals surface area contributed by atoms with E-state index < -0.39 is 32.8 Å². The Morgan fingerprint density at radius 2 is 1.90 bits per heavy atom. The number of rotatable bonds is 6. The lowest BCUT2D eigenvalue weighted by atomic mass is 10.2. The SMILES string of the molecule is COc1ccc([N+](=O)[O-])cc1NC(=O)[C@@H]1CCC(=O)N1S(=O)(=O)c1ccc(C)cc1. The number of benzene rings is 2. The van der Waals surface area contributed by atoms with Gasteiger partial charge in [-0.15, -0.1) is 0 Å². The van der Waals surface area contributed by atoms with Crippen LogP contribution in [0.25, 0.3) is 0 Å². The van der Waals surface area contributed by atoms with Gasteiger partial charge < -0.3 is 10.1 Å². The summed E-state index contributed by atoms with van der Waals surface area (Å²) in [4.78, 5) is 35.5. The highest BCUT2D eigenvalue weighted by atomic mass is 32.2. The summed E-state index contributed by atoms with van der Waals surface area (Å²) in [5.41, 5.74) is 0.565. The molecule has 158 valence electrons. The van der Waals surface area contributed by atoms with Crippen molar-refractivity contribution in [1.82, 2.24) is 4.31 Å². The van der Waals surface area contributed by atoms with Gasteiger partial charge in [-0.3, -0.25) is 19.7 Å². The number of nitro benzene ring substituents is 1. The maximum Gasteiger partial charge on any atom is 0.271 e. The summed E-state index contributed by atoms with van der Waals surface area (Å²) in [6.45, 7) is 1.79. The van der Waals surface area contributed by atoms with Gasteiger partial charge in [0.25, 0.3) is 15.7 Å². The number of non-ortho nitro benzene ring substituents is 1. The third-order valence-electron chi connectivity index (χ3n) is 4.69. The number of carbonyl (C=O) groups excluding carboxylic acids is 2. The van der Waals surface area contributed by atoms with E-state index in [2.05, 4.69) is 5.32 Å². The second kappa shape index (κ2) is 8.11. The van der Waals surface area contributed by atoms with Crippen LogP contribution in [0.4, 0.5) is 11.4 Å². The lowest BCUT2D eigenvalue weighted by Crippen LogP contribution is -2.45. The quantitative estimate of drug-likeness (QED) is 0.545. The lowest BCUT2D eigenvalue weighted by molar-refractivity contribution is -0.384. The van der Waals surface area contributed by atoms with E-state index in [1.165, 1.54) is 31.4 Å². The first-order valence-corrected chi connectivity index (χ1v) is 10.4. The predicted molar refractivity (Wildman–Crippen MR) is 107 cm³/mol. The predicted octanol–water partition coefficient (Wildman–Crippen LogP) is 2.23. The maximum absolute atomic E-state index is 13.0. The fraction of sp³-hybridized carbons (Fsp3) is 0.263. The van der Waals surface area contributed by atoms with Gasteiger partial charge in [0.15, 0.2) is 0 Å². The molecule has 1 fully saturated rings. The van der Waals surface area contributed by atoms with E-state index in [-0.39, 0.29) is 34.9 Å². The van der Waals surface area contributed by atoms with Crippen molar-refractivity contribution in [2.24, 2.45) is 0 Å². The molecule has 0 radical (unpaired) electrons. The van der Waals surface area contributed by atoms with Crippen LogP contribution in [0.5, 0.6) is 5.75 Å². The van der Waals surface area contributed by atoms with E-state index in [9.17, 15) is 28.1 Å². The standard InChI is InChI=1S/C19H19N3O7S/c1-12-3-6-14(7-4-12)30(27,28)21-16(8-10-18(21)23)19(24)20-15-11-13(22(25)26)5-9-17(15)29-2/h3-7,9,11,16H,8,10H2,1-2H3,(H,20,24)/t16-/m0/s1. The van der Waals surface area contributed by atoms with Gasteiger partial charge in [-0.25, -0.2) is 12.7 Å². The van der Waals surface area contributed by atoms with E-state index in [0.717, 1.165) is 11.6 Å². The van der Waals surface area contributed by atoms with Crippen LogP contribution in [-0.4, -0.2) is 42.6 Å². The van der Waals surface area contributed by atoms with E-state index in [0.29, 0.717) is 4.31 Å². The molecular weight excluding hydrogens is 414 g/mol. The number of carbonyl (C=O) groups is 2. The fourth-order valence-electron chi connectivity index (χ4n) is 3.15. The van der Waals surface area contributed by atoms with Gasteiger partial charge in [0.05, 0.1) is 22.6 Å². The number of hydrogen-bond acceptors (Lipinski definition) is 7. The molecule has 1 atom stereocenters. The zero-order valence-corrected chi connectivity index (χ0v) is 17.0. The van der Waals surface area contributed by atoms with Crippen molar-refractivity contribution in [2.45, 2.75) is 30.7 Å². The number of ether oxygens (including phenoxy) is 1. The molecule has 2 aromatic carbocycles. The molecule has 11 heteroatoms. The van der Waals surface area contributed by atoms with E-state index in [1.807, 2.05) is 0 Å². The molecule has 30 heavy (non-hydrogen) atoms. The van der Waals surface area contributed by atoms with Crippen molar-refractivity contribution in [3.8, 4) is 5.75 Å². The number of nitrogens with zero attached hydrogens (tertiary/aromatic N) is 2. The molecule has 1 aliphatic rings. The molecule has 0 saturated carbocycles. The van der Waals surface area contributed by atoms with Crippen molar-refractivity contribution >= 4 is 33.2 Å². The molecule has 1 heterocycles. The lowest BCUT2D eigenvalue weighted by Gasteiger charge is -2.24. The third kappa shape index (κ3) is 3.96. The summed E-state index contributed by atoms with van der Waals surface area (Å²) in [7, 11) is -2.92. The normalized spacial score (nSPS) is 16.4. The molecular formula is C19H19N3O7S. The van der Waals surface area contributed by atoms with Gasteiger partial charge >= 0.3 is 0 Å². The van der Waals surface area contributed by atoms with E-state index in [4.69, 9.17) is 4.74 Å². The molecule has 2 amide bonds. The first-order valence-electron chi connectivity index (χ1n) is 8.92. The number of sulfonamides is 1. The fourth-order valence-corrected chi connectivity index (χ4v) is 4.75. The number of amides is 2. The highest BCUT2D eigenvalue weighted by Gasteiger charge is 2.44. The Morgan fingerprint density at radius 3 is 2.50 bits per heavy atom. The van der Waals surface area contributed by atoms with Crippen LogP contribution >= 0.6 is 0 Å². The van der Waals surface area contributed by atoms with Crippen LogP contribution in [0.1, 0.15) is 18.4 Å².